The van der Waals surface area contributed by atoms with E-state index in [-0.39, 0.29) is 0 Å². The molecule has 0 aliphatic rings. The summed E-state index contributed by atoms with van der Waals surface area (Å²) in [5.74, 6) is -1.47. The topological polar surface area (TPSA) is 124 Å². The van der Waals surface area contributed by atoms with E-state index in [0.717, 1.165) is 12.1 Å². The van der Waals surface area contributed by atoms with Crippen LogP contribution in [0.5, 0.6) is 0 Å². The van der Waals surface area contributed by atoms with Crippen LogP contribution in [-0.4, -0.2) is 24.0 Å². The number of rotatable bonds is 3. The minimum atomic E-state index is -4.64. The largest absolute Gasteiger partial charge is 0.335 e. The van der Waals surface area contributed by atoms with Gasteiger partial charge < -0.3 is 0 Å². The Kier molecular flexibility index (Phi) is 3.20. The van der Waals surface area contributed by atoms with Gasteiger partial charge >= 0.3 is 11.1 Å². The Morgan fingerprint density at radius 2 is 1.94 bits per heavy atom. The van der Waals surface area contributed by atoms with Gasteiger partial charge in [-0.1, -0.05) is 12.1 Å². The summed E-state index contributed by atoms with van der Waals surface area (Å²) in [7, 11) is -4.64. The Hall–Kier alpha value is -2.00. The molecule has 0 heterocycles. The average Bonchev–Trinajstić information content (AvgIpc) is 2.15. The molecule has 8 nitrogen and oxygen atoms in total. The highest BCUT2D eigenvalue weighted by Crippen LogP contribution is 2.15. The van der Waals surface area contributed by atoms with Crippen LogP contribution < -0.4 is 0 Å². The molecule has 0 aliphatic heterocycles. The van der Waals surface area contributed by atoms with E-state index in [1.54, 1.807) is 0 Å². The maximum Gasteiger partial charge on any atom is 0.335 e. The first-order valence-electron chi connectivity index (χ1n) is 3.75. The predicted octanol–water partition coefficient (Wildman–Crippen LogP) is 0.282. The van der Waals surface area contributed by atoms with E-state index in [9.17, 15) is 23.3 Å². The summed E-state index contributed by atoms with van der Waals surface area (Å²) >= 11 is 0. The van der Waals surface area contributed by atoms with Crippen LogP contribution in [0.15, 0.2) is 29.2 Å². The summed E-state index contributed by atoms with van der Waals surface area (Å²) in [6.45, 7) is 0. The first-order valence-corrected chi connectivity index (χ1v) is 5.19. The van der Waals surface area contributed by atoms with Crippen molar-refractivity contribution in [3.63, 3.8) is 0 Å². The Labute approximate surface area is 89.3 Å². The fourth-order valence-electron chi connectivity index (χ4n) is 0.977. The molecule has 1 N–H and O–H groups in total. The number of benzene rings is 1. The third-order valence-corrected chi connectivity index (χ3v) is 2.45. The van der Waals surface area contributed by atoms with E-state index in [0.29, 0.717) is 0 Å². The minimum Gasteiger partial charge on any atom is -0.282 e. The Bertz CT molecular complexity index is 535. The van der Waals surface area contributed by atoms with Crippen molar-refractivity contribution in [2.24, 2.45) is 0 Å². The number of hydrogen-bond acceptors (Lipinski definition) is 6. The van der Waals surface area contributed by atoms with E-state index >= 15 is 0 Å². The van der Waals surface area contributed by atoms with E-state index in [1.165, 1.54) is 12.1 Å². The van der Waals surface area contributed by atoms with E-state index in [4.69, 9.17) is 4.55 Å². The van der Waals surface area contributed by atoms with E-state index in [2.05, 4.69) is 4.84 Å². The lowest BCUT2D eigenvalue weighted by Crippen LogP contribution is -2.14. The van der Waals surface area contributed by atoms with Crippen LogP contribution in [0.25, 0.3) is 0 Å². The molecule has 0 amide bonds. The Balaban J connectivity index is 3.24. The minimum absolute atomic E-state index is 0.610. The molecular weight excluding hydrogens is 242 g/mol. The van der Waals surface area contributed by atoms with Gasteiger partial charge in [-0.05, 0) is 12.1 Å². The normalized spacial score (nSPS) is 10.8. The molecule has 0 saturated heterocycles. The average molecular weight is 247 g/mol. The number of hydrogen-bond donors (Lipinski definition) is 1. The van der Waals surface area contributed by atoms with Gasteiger partial charge in [0.2, 0.25) is 0 Å². The van der Waals surface area contributed by atoms with E-state index in [1.807, 2.05) is 0 Å². The van der Waals surface area contributed by atoms with Crippen molar-refractivity contribution < 1.29 is 27.7 Å². The van der Waals surface area contributed by atoms with Gasteiger partial charge in [0.25, 0.3) is 10.1 Å². The smallest absolute Gasteiger partial charge is 0.282 e. The SMILES string of the molecule is O=C(O[N+](=O)[O-])c1ccccc1S(=O)(=O)O. The van der Waals surface area contributed by atoms with Crippen molar-refractivity contribution in [1.29, 1.82) is 0 Å². The van der Waals surface area contributed by atoms with Crippen molar-refractivity contribution in [2.45, 2.75) is 4.90 Å². The van der Waals surface area contributed by atoms with Crippen LogP contribution in [0, 0.1) is 10.1 Å². The van der Waals surface area contributed by atoms with Gasteiger partial charge in [0.05, 0.1) is 5.56 Å². The number of carbonyl (C=O) groups is 1. The monoisotopic (exact) mass is 247 g/mol. The van der Waals surface area contributed by atoms with Crippen LogP contribution in [0.3, 0.4) is 0 Å². The summed E-state index contributed by atoms with van der Waals surface area (Å²) in [5, 5.41) is 8.52. The van der Waals surface area contributed by atoms with Gasteiger partial charge in [-0.25, -0.2) is 4.84 Å². The molecule has 1 aromatic carbocycles. The van der Waals surface area contributed by atoms with Gasteiger partial charge in [0.15, 0.2) is 0 Å². The van der Waals surface area contributed by atoms with Crippen LogP contribution >= 0.6 is 0 Å². The van der Waals surface area contributed by atoms with Crippen molar-refractivity contribution in [3.8, 4) is 0 Å². The second-order valence-electron chi connectivity index (χ2n) is 2.57. The first kappa shape index (κ1) is 12.1. The van der Waals surface area contributed by atoms with Gasteiger partial charge in [-0.15, -0.1) is 10.1 Å². The molecule has 16 heavy (non-hydrogen) atoms. The van der Waals surface area contributed by atoms with Crippen molar-refractivity contribution in [3.05, 3.63) is 39.9 Å². The van der Waals surface area contributed by atoms with E-state index < -0.39 is 31.6 Å². The zero-order valence-corrected chi connectivity index (χ0v) is 8.38. The van der Waals surface area contributed by atoms with Crippen molar-refractivity contribution in [1.82, 2.24) is 0 Å². The van der Waals surface area contributed by atoms with Crippen molar-refractivity contribution >= 4 is 16.1 Å². The standard InChI is InChI=1S/C7H5NO7S/c9-7(15-8(10)11)5-3-1-2-4-6(5)16(12,13)14/h1-4H,(H,12,13,14). The van der Waals surface area contributed by atoms with Crippen LogP contribution in [-0.2, 0) is 15.0 Å². The van der Waals surface area contributed by atoms with Crippen LogP contribution in [0.4, 0.5) is 0 Å². The van der Waals surface area contributed by atoms with Gasteiger partial charge in [0, 0.05) is 0 Å². The molecule has 1 aromatic rings. The molecule has 0 atom stereocenters. The summed E-state index contributed by atoms with van der Waals surface area (Å²) in [6.07, 6.45) is 0. The highest BCUT2D eigenvalue weighted by Gasteiger charge is 2.21. The maximum atomic E-state index is 11.1. The Morgan fingerprint density at radius 1 is 1.38 bits per heavy atom. The molecule has 0 radical (unpaired) electrons. The second-order valence-corrected chi connectivity index (χ2v) is 3.96. The molecule has 1 rings (SSSR count). The summed E-state index contributed by atoms with van der Waals surface area (Å²) in [4.78, 5) is 23.8. The van der Waals surface area contributed by atoms with Gasteiger partial charge in [0.1, 0.15) is 4.90 Å². The first-order chi connectivity index (χ1) is 7.32. The molecule has 0 unspecified atom stereocenters. The van der Waals surface area contributed by atoms with Gasteiger partial charge in [-0.2, -0.15) is 8.42 Å². The third kappa shape index (κ3) is 2.74. The molecule has 0 spiro atoms. The molecule has 0 saturated carbocycles. The molecule has 0 aromatic heterocycles. The number of nitrogens with zero attached hydrogens (tertiary/aromatic N) is 1. The molecule has 9 heteroatoms. The lowest BCUT2D eigenvalue weighted by atomic mass is 10.2. The highest BCUT2D eigenvalue weighted by molar-refractivity contribution is 7.86. The van der Waals surface area contributed by atoms with Gasteiger partial charge in [-0.3, -0.25) is 9.35 Å². The predicted molar refractivity (Wildman–Crippen MR) is 48.7 cm³/mol. The summed E-state index contributed by atoms with van der Waals surface area (Å²) in [5.41, 5.74) is -0.610. The molecule has 0 aliphatic carbocycles. The fraction of sp³-hybridized carbons (Fsp3) is 0. The van der Waals surface area contributed by atoms with Crippen molar-refractivity contribution in [2.75, 3.05) is 0 Å². The highest BCUT2D eigenvalue weighted by atomic mass is 32.2. The zero-order valence-electron chi connectivity index (χ0n) is 7.56. The molecular formula is C7H5NO7S. The lowest BCUT2D eigenvalue weighted by Gasteiger charge is -2.03. The zero-order chi connectivity index (χ0) is 12.3. The third-order valence-electron chi connectivity index (χ3n) is 1.54. The quantitative estimate of drug-likeness (QED) is 0.462. The molecule has 86 valence electrons. The fourth-order valence-corrected chi connectivity index (χ4v) is 1.66. The maximum absolute atomic E-state index is 11.1. The lowest BCUT2D eigenvalue weighted by molar-refractivity contribution is -0.727. The van der Waals surface area contributed by atoms with Crippen LogP contribution in [0.2, 0.25) is 0 Å². The summed E-state index contributed by atoms with van der Waals surface area (Å²) in [6, 6.07) is 4.41. The Morgan fingerprint density at radius 3 is 2.44 bits per heavy atom. The molecule has 0 fully saturated rings. The van der Waals surface area contributed by atoms with Crippen LogP contribution in [0.1, 0.15) is 10.4 Å². The molecule has 0 bridgehead atoms. The second kappa shape index (κ2) is 4.24. The number of carbonyl (C=O) groups excluding carboxylic acids is 1. The summed E-state index contributed by atoms with van der Waals surface area (Å²) < 4.78 is 30.4.